The van der Waals surface area contributed by atoms with E-state index in [0.717, 1.165) is 25.1 Å². The van der Waals surface area contributed by atoms with Crippen molar-refractivity contribution in [1.29, 1.82) is 0 Å². The van der Waals surface area contributed by atoms with E-state index < -0.39 is 6.10 Å². The van der Waals surface area contributed by atoms with E-state index in [0.29, 0.717) is 22.9 Å². The first-order valence-corrected chi connectivity index (χ1v) is 7.38. The molecule has 0 fully saturated rings. The van der Waals surface area contributed by atoms with Gasteiger partial charge in [-0.3, -0.25) is 0 Å². The summed E-state index contributed by atoms with van der Waals surface area (Å²) in [4.78, 5) is 0. The van der Waals surface area contributed by atoms with Gasteiger partial charge in [-0.15, -0.1) is 0 Å². The molecule has 0 aliphatic rings. The number of aliphatic hydroxyl groups is 1. The smallest absolute Gasteiger partial charge is 0.179 e. The Balaban J connectivity index is 2.79. The zero-order chi connectivity index (χ0) is 15.0. The molecule has 0 amide bonds. The molecule has 0 aromatic heterocycles. The van der Waals surface area contributed by atoms with E-state index >= 15 is 0 Å². The number of hydrogen-bond donors (Lipinski definition) is 2. The van der Waals surface area contributed by atoms with E-state index in [2.05, 4.69) is 12.2 Å². The third kappa shape index (κ3) is 5.19. The molecule has 0 aliphatic carbocycles. The van der Waals surface area contributed by atoms with Crippen LogP contribution < -0.4 is 14.8 Å². The van der Waals surface area contributed by atoms with Crippen molar-refractivity contribution in [3.05, 3.63) is 22.7 Å². The van der Waals surface area contributed by atoms with Crippen molar-refractivity contribution in [1.82, 2.24) is 5.32 Å². The lowest BCUT2D eigenvalue weighted by Crippen LogP contribution is -2.17. The van der Waals surface area contributed by atoms with Crippen LogP contribution in [-0.2, 0) is 6.54 Å². The number of hydrogen-bond acceptors (Lipinski definition) is 4. The van der Waals surface area contributed by atoms with Crippen molar-refractivity contribution < 1.29 is 14.6 Å². The minimum Gasteiger partial charge on any atom is -0.493 e. The summed E-state index contributed by atoms with van der Waals surface area (Å²) in [6, 6.07) is 3.77. The minimum atomic E-state index is -0.498. The Hall–Kier alpha value is -0.970. The van der Waals surface area contributed by atoms with Gasteiger partial charge in [0.1, 0.15) is 6.61 Å². The zero-order valence-corrected chi connectivity index (χ0v) is 13.2. The summed E-state index contributed by atoms with van der Waals surface area (Å²) >= 11 is 6.24. The predicted octanol–water partition coefficient (Wildman–Crippen LogP) is 3.00. The fourth-order valence-corrected chi connectivity index (χ4v) is 2.01. The molecule has 0 spiro atoms. The standard InChI is InChI=1S/C15H24ClNO3/c1-4-6-17-9-11-7-13(16)15(14(8-11)19-3)20-10-12(18)5-2/h7-8,12,17-18H,4-6,9-10H2,1-3H3. The molecule has 0 saturated carbocycles. The number of nitrogens with one attached hydrogen (secondary N) is 1. The second-order valence-corrected chi connectivity index (χ2v) is 5.07. The van der Waals surface area contributed by atoms with E-state index in [1.165, 1.54) is 0 Å². The molecule has 2 N–H and O–H groups in total. The van der Waals surface area contributed by atoms with Gasteiger partial charge >= 0.3 is 0 Å². The second kappa shape index (κ2) is 9.06. The molecule has 20 heavy (non-hydrogen) atoms. The highest BCUT2D eigenvalue weighted by atomic mass is 35.5. The van der Waals surface area contributed by atoms with Gasteiger partial charge in [-0.2, -0.15) is 0 Å². The molecular formula is C15H24ClNO3. The summed E-state index contributed by atoms with van der Waals surface area (Å²) in [7, 11) is 1.58. The van der Waals surface area contributed by atoms with Gasteiger partial charge in [0.15, 0.2) is 11.5 Å². The largest absolute Gasteiger partial charge is 0.493 e. The van der Waals surface area contributed by atoms with Gasteiger partial charge in [-0.05, 0) is 37.1 Å². The van der Waals surface area contributed by atoms with Gasteiger partial charge in [-0.25, -0.2) is 0 Å². The zero-order valence-electron chi connectivity index (χ0n) is 12.4. The highest BCUT2D eigenvalue weighted by Crippen LogP contribution is 2.36. The van der Waals surface area contributed by atoms with E-state index in [-0.39, 0.29) is 6.61 Å². The molecule has 1 aromatic carbocycles. The first kappa shape index (κ1) is 17.1. The molecule has 1 rings (SSSR count). The summed E-state index contributed by atoms with van der Waals surface area (Å²) in [6.45, 7) is 5.93. The van der Waals surface area contributed by atoms with Crippen molar-refractivity contribution in [2.45, 2.75) is 39.3 Å². The average molecular weight is 302 g/mol. The van der Waals surface area contributed by atoms with Crippen LogP contribution >= 0.6 is 11.6 Å². The molecule has 0 bridgehead atoms. The van der Waals surface area contributed by atoms with Crippen molar-refractivity contribution in [3.63, 3.8) is 0 Å². The van der Waals surface area contributed by atoms with E-state index in [9.17, 15) is 5.11 Å². The highest BCUT2D eigenvalue weighted by Gasteiger charge is 2.13. The Labute approximate surface area is 126 Å². The molecule has 1 aromatic rings. The van der Waals surface area contributed by atoms with Gasteiger partial charge in [0.2, 0.25) is 0 Å². The van der Waals surface area contributed by atoms with Crippen LogP contribution in [-0.4, -0.2) is 31.5 Å². The summed E-state index contributed by atoms with van der Waals surface area (Å²) < 4.78 is 10.9. The Morgan fingerprint density at radius 2 is 2.10 bits per heavy atom. The van der Waals surface area contributed by atoms with Gasteiger partial charge < -0.3 is 19.9 Å². The molecule has 0 saturated heterocycles. The molecule has 0 aliphatic heterocycles. The lowest BCUT2D eigenvalue weighted by Gasteiger charge is -2.16. The summed E-state index contributed by atoms with van der Waals surface area (Å²) in [5, 5.41) is 13.4. The predicted molar refractivity (Wildman–Crippen MR) is 81.8 cm³/mol. The first-order valence-electron chi connectivity index (χ1n) is 7.00. The number of halogens is 1. The lowest BCUT2D eigenvalue weighted by atomic mass is 10.2. The Bertz CT molecular complexity index is 412. The first-order chi connectivity index (χ1) is 9.62. The molecule has 1 atom stereocenters. The van der Waals surface area contributed by atoms with Crippen molar-refractivity contribution in [2.24, 2.45) is 0 Å². The fourth-order valence-electron chi connectivity index (χ4n) is 1.72. The van der Waals surface area contributed by atoms with Crippen LogP contribution in [0.15, 0.2) is 12.1 Å². The third-order valence-corrected chi connectivity index (χ3v) is 3.22. The molecule has 5 heteroatoms. The molecule has 4 nitrogen and oxygen atoms in total. The van der Waals surface area contributed by atoms with Crippen LogP contribution in [0.1, 0.15) is 32.3 Å². The Morgan fingerprint density at radius 3 is 2.70 bits per heavy atom. The van der Waals surface area contributed by atoms with E-state index in [1.807, 2.05) is 19.1 Å². The number of rotatable bonds is 9. The van der Waals surface area contributed by atoms with Crippen molar-refractivity contribution in [2.75, 3.05) is 20.3 Å². The SMILES string of the molecule is CCCNCc1cc(Cl)c(OCC(O)CC)c(OC)c1. The van der Waals surface area contributed by atoms with Crippen LogP contribution in [0.2, 0.25) is 5.02 Å². The van der Waals surface area contributed by atoms with Gasteiger partial charge in [-0.1, -0.05) is 25.4 Å². The third-order valence-electron chi connectivity index (χ3n) is 2.94. The highest BCUT2D eigenvalue weighted by molar-refractivity contribution is 6.32. The Morgan fingerprint density at radius 1 is 1.35 bits per heavy atom. The van der Waals surface area contributed by atoms with Crippen LogP contribution in [0.5, 0.6) is 11.5 Å². The average Bonchev–Trinajstić information content (AvgIpc) is 2.45. The second-order valence-electron chi connectivity index (χ2n) is 4.66. The lowest BCUT2D eigenvalue weighted by molar-refractivity contribution is 0.103. The minimum absolute atomic E-state index is 0.208. The van der Waals surface area contributed by atoms with Crippen LogP contribution in [0.25, 0.3) is 0 Å². The molecule has 1 unspecified atom stereocenters. The molecule has 0 radical (unpaired) electrons. The van der Waals surface area contributed by atoms with Crippen LogP contribution in [0, 0.1) is 0 Å². The topological polar surface area (TPSA) is 50.7 Å². The van der Waals surface area contributed by atoms with Gasteiger partial charge in [0.05, 0.1) is 18.2 Å². The van der Waals surface area contributed by atoms with E-state index in [4.69, 9.17) is 21.1 Å². The van der Waals surface area contributed by atoms with Crippen molar-refractivity contribution in [3.8, 4) is 11.5 Å². The molecular weight excluding hydrogens is 278 g/mol. The number of ether oxygens (including phenoxy) is 2. The summed E-state index contributed by atoms with van der Waals surface area (Å²) in [6.07, 6.45) is 1.22. The van der Waals surface area contributed by atoms with Crippen LogP contribution in [0.3, 0.4) is 0 Å². The summed E-state index contributed by atoms with van der Waals surface area (Å²) in [5.74, 6) is 1.08. The normalized spacial score (nSPS) is 12.2. The number of methoxy groups -OCH3 is 1. The maximum absolute atomic E-state index is 9.55. The molecule has 114 valence electrons. The molecule has 0 heterocycles. The number of aliphatic hydroxyl groups excluding tert-OH is 1. The van der Waals surface area contributed by atoms with E-state index in [1.54, 1.807) is 7.11 Å². The monoisotopic (exact) mass is 301 g/mol. The fraction of sp³-hybridized carbons (Fsp3) is 0.600. The van der Waals surface area contributed by atoms with Gasteiger partial charge in [0.25, 0.3) is 0 Å². The summed E-state index contributed by atoms with van der Waals surface area (Å²) in [5.41, 5.74) is 1.05. The number of benzene rings is 1. The van der Waals surface area contributed by atoms with Crippen LogP contribution in [0.4, 0.5) is 0 Å². The maximum Gasteiger partial charge on any atom is 0.179 e. The quantitative estimate of drug-likeness (QED) is 0.689. The maximum atomic E-state index is 9.55. The van der Waals surface area contributed by atoms with Gasteiger partial charge in [0, 0.05) is 6.54 Å². The van der Waals surface area contributed by atoms with Crippen molar-refractivity contribution >= 4 is 11.6 Å². The Kier molecular flexibility index (Phi) is 7.73.